The molecule has 2 heterocycles. The van der Waals surface area contributed by atoms with Crippen molar-refractivity contribution in [3.8, 4) is 0 Å². The van der Waals surface area contributed by atoms with Crippen molar-refractivity contribution in [3.05, 3.63) is 44.8 Å². The van der Waals surface area contributed by atoms with Crippen LogP contribution < -0.4 is 5.32 Å². The van der Waals surface area contributed by atoms with Crippen molar-refractivity contribution in [1.82, 2.24) is 15.5 Å². The second kappa shape index (κ2) is 7.67. The number of thiophene rings is 1. The molecule has 0 aliphatic rings. The number of halogens is 3. The van der Waals surface area contributed by atoms with E-state index in [1.165, 1.54) is 18.2 Å². The van der Waals surface area contributed by atoms with Crippen LogP contribution in [0.1, 0.15) is 33.9 Å². The van der Waals surface area contributed by atoms with Crippen LogP contribution in [-0.2, 0) is 23.2 Å². The molecule has 0 aliphatic carbocycles. The van der Waals surface area contributed by atoms with Gasteiger partial charge >= 0.3 is 13.7 Å². The number of carbonyl (C=O) groups is 1. The van der Waals surface area contributed by atoms with Gasteiger partial charge in [0.2, 0.25) is 5.89 Å². The number of carbonyl (C=O) groups excluding carboxylic acids is 1. The quantitative estimate of drug-likeness (QED) is 0.511. The fourth-order valence-electron chi connectivity index (χ4n) is 2.26. The Kier molecular flexibility index (Phi) is 5.66. The Labute approximate surface area is 164 Å². The Hall–Kier alpha value is -1.81. The van der Waals surface area contributed by atoms with Gasteiger partial charge < -0.3 is 9.84 Å². The fraction of sp³-hybridized carbons (Fsp3) is 0.267. The van der Waals surface area contributed by atoms with Gasteiger partial charge in [-0.05, 0) is 38.7 Å². The molecule has 0 saturated carbocycles. The molecule has 0 aliphatic heterocycles. The molecule has 0 bridgehead atoms. The largest absolute Gasteiger partial charge is 0.590 e. The number of nitrogens with zero attached hydrogens (tertiary/aromatic N) is 2. The van der Waals surface area contributed by atoms with Crippen LogP contribution >= 0.6 is 35.3 Å². The summed E-state index contributed by atoms with van der Waals surface area (Å²) in [7, 11) is -3.73. The molecule has 2 N–H and O–H groups in total. The van der Waals surface area contributed by atoms with Crippen molar-refractivity contribution < 1.29 is 27.6 Å². The number of aromatic nitrogens is 2. The van der Waals surface area contributed by atoms with Gasteiger partial charge in [0.15, 0.2) is 5.82 Å². The fourth-order valence-corrected chi connectivity index (χ4v) is 4.97. The number of nitrogens with one attached hydrogen (secondary N) is 1. The zero-order valence-corrected chi connectivity index (χ0v) is 17.0. The Morgan fingerprint density at radius 3 is 2.85 bits per heavy atom. The standard InChI is InChI=1S/C15H11BrF2N3O4PS/c1-2-11-20-10(21-25-11)6-19-14(22)7-3-4-9-8(5-7)12(16)13(27-9)15(17,18)26(23)24/h3-5H,2,6H2,1H3,(H-,19,22,23,24)/p+1. The van der Waals surface area contributed by atoms with E-state index in [4.69, 9.17) is 9.42 Å². The number of benzene rings is 1. The van der Waals surface area contributed by atoms with Crippen LogP contribution in [0.5, 0.6) is 0 Å². The predicted molar refractivity (Wildman–Crippen MR) is 98.1 cm³/mol. The number of aryl methyl sites for hydroxylation is 1. The second-order valence-corrected chi connectivity index (χ2v) is 8.36. The minimum atomic E-state index is -3.88. The average molecular weight is 479 g/mol. The van der Waals surface area contributed by atoms with E-state index in [9.17, 15) is 18.1 Å². The van der Waals surface area contributed by atoms with Crippen LogP contribution in [0, 0.1) is 0 Å². The van der Waals surface area contributed by atoms with Crippen LogP contribution in [0.3, 0.4) is 0 Å². The van der Waals surface area contributed by atoms with E-state index in [1.54, 1.807) is 0 Å². The summed E-state index contributed by atoms with van der Waals surface area (Å²) in [5.74, 6) is 0.338. The van der Waals surface area contributed by atoms with Crippen molar-refractivity contribution in [2.45, 2.75) is 25.6 Å². The van der Waals surface area contributed by atoms with Gasteiger partial charge in [-0.25, -0.2) is 0 Å². The monoisotopic (exact) mass is 478 g/mol. The number of alkyl halides is 2. The van der Waals surface area contributed by atoms with E-state index in [1.807, 2.05) is 6.92 Å². The van der Waals surface area contributed by atoms with Gasteiger partial charge in [0, 0.05) is 22.1 Å². The van der Waals surface area contributed by atoms with Crippen LogP contribution in [0.15, 0.2) is 27.2 Å². The summed E-state index contributed by atoms with van der Waals surface area (Å²) in [5.41, 5.74) is -3.64. The highest BCUT2D eigenvalue weighted by Gasteiger charge is 2.56. The first-order valence-electron chi connectivity index (χ1n) is 7.60. The summed E-state index contributed by atoms with van der Waals surface area (Å²) >= 11 is 3.74. The SMILES string of the molecule is CCc1nc(CNC(=O)c2ccc3sc(C(F)(F)[P+](=O)O)c(Br)c3c2)no1. The van der Waals surface area contributed by atoms with Gasteiger partial charge in [-0.1, -0.05) is 12.1 Å². The maximum absolute atomic E-state index is 13.9. The van der Waals surface area contributed by atoms with Crippen LogP contribution in [-0.4, -0.2) is 20.9 Å². The first-order valence-corrected chi connectivity index (χ1v) is 10.4. The van der Waals surface area contributed by atoms with Crippen molar-refractivity contribution in [3.63, 3.8) is 0 Å². The van der Waals surface area contributed by atoms with E-state index in [2.05, 4.69) is 31.4 Å². The predicted octanol–water partition coefficient (Wildman–Crippen LogP) is 4.32. The highest BCUT2D eigenvalue weighted by Crippen LogP contribution is 2.54. The number of rotatable bonds is 6. The molecule has 2 aromatic heterocycles. The molecule has 1 aromatic carbocycles. The van der Waals surface area contributed by atoms with Crippen molar-refractivity contribution in [2.24, 2.45) is 0 Å². The van der Waals surface area contributed by atoms with Gasteiger partial charge in [-0.3, -0.25) is 4.79 Å². The zero-order valence-electron chi connectivity index (χ0n) is 13.7. The molecule has 12 heteroatoms. The Bertz CT molecular complexity index is 1040. The van der Waals surface area contributed by atoms with Crippen LogP contribution in [0.2, 0.25) is 0 Å². The first kappa shape index (κ1) is 19.9. The normalized spacial score (nSPS) is 12.4. The van der Waals surface area contributed by atoms with Crippen LogP contribution in [0.4, 0.5) is 8.78 Å². The topological polar surface area (TPSA) is 105 Å². The van der Waals surface area contributed by atoms with Crippen molar-refractivity contribution >= 4 is 51.3 Å². The Morgan fingerprint density at radius 2 is 2.22 bits per heavy atom. The van der Waals surface area contributed by atoms with E-state index in [0.717, 1.165) is 0 Å². The Balaban J connectivity index is 1.84. The third-order valence-corrected chi connectivity index (χ3v) is 6.80. The molecule has 7 nitrogen and oxygen atoms in total. The van der Waals surface area contributed by atoms with Crippen molar-refractivity contribution in [2.75, 3.05) is 0 Å². The number of fused-ring (bicyclic) bond motifs is 1. The molecular weight excluding hydrogens is 467 g/mol. The first-order chi connectivity index (χ1) is 12.7. The van der Waals surface area contributed by atoms with Crippen LogP contribution in [0.25, 0.3) is 10.1 Å². The molecule has 1 unspecified atom stereocenters. The average Bonchev–Trinajstić information content (AvgIpc) is 3.24. The lowest BCUT2D eigenvalue weighted by Gasteiger charge is -2.03. The van der Waals surface area contributed by atoms with E-state index in [-0.39, 0.29) is 16.6 Å². The van der Waals surface area contributed by atoms with Gasteiger partial charge in [0.1, 0.15) is 4.88 Å². The molecule has 142 valence electrons. The molecule has 0 spiro atoms. The second-order valence-electron chi connectivity index (χ2n) is 5.41. The minimum Gasteiger partial charge on any atom is -0.345 e. The van der Waals surface area contributed by atoms with Gasteiger partial charge in [-0.15, -0.1) is 20.1 Å². The van der Waals surface area contributed by atoms with Gasteiger partial charge in [-0.2, -0.15) is 9.88 Å². The van der Waals surface area contributed by atoms with E-state index in [0.29, 0.717) is 39.6 Å². The lowest BCUT2D eigenvalue weighted by molar-refractivity contribution is 0.0849. The molecule has 27 heavy (non-hydrogen) atoms. The summed E-state index contributed by atoms with van der Waals surface area (Å²) in [6.07, 6.45) is 0.580. The molecular formula is C15H12BrF2N3O4PS+. The highest BCUT2D eigenvalue weighted by atomic mass is 79.9. The van der Waals surface area contributed by atoms with E-state index >= 15 is 0 Å². The molecule has 3 rings (SSSR count). The summed E-state index contributed by atoms with van der Waals surface area (Å²) in [6.45, 7) is 1.91. The zero-order chi connectivity index (χ0) is 19.8. The smallest absolute Gasteiger partial charge is 0.345 e. The van der Waals surface area contributed by atoms with E-state index < -0.39 is 24.5 Å². The Morgan fingerprint density at radius 1 is 1.48 bits per heavy atom. The summed E-state index contributed by atoms with van der Waals surface area (Å²) in [5, 5.41) is 6.70. The summed E-state index contributed by atoms with van der Waals surface area (Å²) < 4.78 is 44.2. The lowest BCUT2D eigenvalue weighted by atomic mass is 10.1. The highest BCUT2D eigenvalue weighted by molar-refractivity contribution is 9.10. The number of amides is 1. The molecule has 0 saturated heterocycles. The molecule has 1 amide bonds. The third kappa shape index (κ3) is 3.91. The van der Waals surface area contributed by atoms with Crippen molar-refractivity contribution in [1.29, 1.82) is 0 Å². The van der Waals surface area contributed by atoms with Gasteiger partial charge in [0.05, 0.1) is 11.0 Å². The summed E-state index contributed by atoms with van der Waals surface area (Å²) in [6, 6.07) is 4.42. The third-order valence-electron chi connectivity index (χ3n) is 3.62. The lowest BCUT2D eigenvalue weighted by Crippen LogP contribution is -2.23. The van der Waals surface area contributed by atoms with Gasteiger partial charge in [0.25, 0.3) is 5.91 Å². The number of hydrogen-bond acceptors (Lipinski definition) is 6. The molecule has 0 radical (unpaired) electrons. The molecule has 3 aromatic rings. The molecule has 1 atom stereocenters. The maximum atomic E-state index is 13.9. The summed E-state index contributed by atoms with van der Waals surface area (Å²) in [4.78, 5) is 24.7. The number of hydrogen-bond donors (Lipinski definition) is 2. The molecule has 0 fully saturated rings. The minimum absolute atomic E-state index is 0.00898. The maximum Gasteiger partial charge on any atom is 0.590 e.